The molecule has 0 saturated carbocycles. The minimum Gasteiger partial charge on any atom is -0.460 e. The van der Waals surface area contributed by atoms with E-state index in [2.05, 4.69) is 39.3 Å². The number of carbonyl (C=O) groups excluding carboxylic acids is 2. The van der Waals surface area contributed by atoms with Crippen molar-refractivity contribution in [1.29, 1.82) is 0 Å². The Bertz CT molecular complexity index is 415. The third kappa shape index (κ3) is 7.97. The second-order valence-electron chi connectivity index (χ2n) is 10.8. The Morgan fingerprint density at radius 2 is 0.833 bits per heavy atom. The molecule has 0 aliphatic heterocycles. The summed E-state index contributed by atoms with van der Waals surface area (Å²) in [7, 11) is -4.00. The zero-order valence-corrected chi connectivity index (χ0v) is 19.8. The lowest BCUT2D eigenvalue weighted by atomic mass is 10.1. The van der Waals surface area contributed by atoms with Crippen molar-refractivity contribution in [2.24, 2.45) is 0 Å². The van der Waals surface area contributed by atoms with E-state index in [1.807, 2.05) is 41.5 Å². The summed E-state index contributed by atoms with van der Waals surface area (Å²) in [4.78, 5) is 26.0. The number of ether oxygens (including phenoxy) is 2. The highest BCUT2D eigenvalue weighted by Gasteiger charge is 2.51. The summed E-state index contributed by atoms with van der Waals surface area (Å²) >= 11 is 0. The predicted molar refractivity (Wildman–Crippen MR) is 106 cm³/mol. The number of carbonyl (C=O) groups is 2. The van der Waals surface area contributed by atoms with Crippen molar-refractivity contribution in [1.82, 2.24) is 0 Å². The van der Waals surface area contributed by atoms with Gasteiger partial charge in [0, 0.05) is 0 Å². The van der Waals surface area contributed by atoms with Crippen molar-refractivity contribution in [2.45, 2.75) is 103 Å². The molecule has 0 bridgehead atoms. The van der Waals surface area contributed by atoms with Gasteiger partial charge in [-0.15, -0.1) is 0 Å². The molecule has 0 heterocycles. The van der Waals surface area contributed by atoms with Crippen LogP contribution in [0.3, 0.4) is 0 Å². The molecule has 0 aliphatic rings. The Hall–Kier alpha value is -0.626. The van der Waals surface area contributed by atoms with Crippen LogP contribution in [0.25, 0.3) is 0 Å². The average Bonchev–Trinajstić information content (AvgIpc) is 2.15. The summed E-state index contributed by atoms with van der Waals surface area (Å²) in [6.45, 7) is 23.9. The summed E-state index contributed by atoms with van der Waals surface area (Å²) < 4.78 is 11.4. The fourth-order valence-corrected chi connectivity index (χ4v) is 9.51. The SMILES string of the molecule is CC(C)(C)OC(=O)[C@H]([C@H](C(=O)OC(C)(C)C)[Si](C)(C)C)[Si](C)(C)C. The van der Waals surface area contributed by atoms with E-state index < -0.39 is 38.4 Å². The van der Waals surface area contributed by atoms with E-state index >= 15 is 0 Å². The monoisotopic (exact) mass is 374 g/mol. The van der Waals surface area contributed by atoms with Gasteiger partial charge in [-0.1, -0.05) is 39.3 Å². The quantitative estimate of drug-likeness (QED) is 0.497. The zero-order chi connectivity index (χ0) is 19.7. The van der Waals surface area contributed by atoms with Gasteiger partial charge in [-0.3, -0.25) is 9.59 Å². The third-order valence-corrected chi connectivity index (χ3v) is 8.72. The lowest BCUT2D eigenvalue weighted by molar-refractivity contribution is -0.162. The fraction of sp³-hybridized carbons (Fsp3) is 0.889. The van der Waals surface area contributed by atoms with Crippen molar-refractivity contribution in [3.63, 3.8) is 0 Å². The molecule has 0 unspecified atom stereocenters. The van der Waals surface area contributed by atoms with Crippen LogP contribution in [0.15, 0.2) is 0 Å². The normalized spacial score (nSPS) is 16.3. The Balaban J connectivity index is 5.96. The summed E-state index contributed by atoms with van der Waals surface area (Å²) in [6, 6.07) is 0. The molecule has 0 fully saturated rings. The minimum absolute atomic E-state index is 0.250. The Kier molecular flexibility index (Phi) is 7.13. The van der Waals surface area contributed by atoms with Gasteiger partial charge >= 0.3 is 11.9 Å². The van der Waals surface area contributed by atoms with E-state index in [4.69, 9.17) is 9.47 Å². The van der Waals surface area contributed by atoms with E-state index in [0.29, 0.717) is 0 Å². The van der Waals surface area contributed by atoms with Gasteiger partial charge in [0.05, 0.1) is 27.2 Å². The van der Waals surface area contributed by atoms with Gasteiger partial charge in [-0.05, 0) is 41.5 Å². The van der Waals surface area contributed by atoms with Crippen molar-refractivity contribution < 1.29 is 19.1 Å². The number of hydrogen-bond donors (Lipinski definition) is 0. The van der Waals surface area contributed by atoms with E-state index in [0.717, 1.165) is 0 Å². The first-order valence-corrected chi connectivity index (χ1v) is 15.9. The molecule has 6 heteroatoms. The van der Waals surface area contributed by atoms with Crippen LogP contribution in [0.1, 0.15) is 41.5 Å². The number of esters is 2. The zero-order valence-electron chi connectivity index (χ0n) is 17.8. The molecule has 0 aromatic heterocycles. The molecule has 0 saturated heterocycles. The molecule has 0 spiro atoms. The van der Waals surface area contributed by atoms with Crippen LogP contribution in [0.5, 0.6) is 0 Å². The molecule has 0 aromatic carbocycles. The molecule has 0 amide bonds. The van der Waals surface area contributed by atoms with Crippen LogP contribution >= 0.6 is 0 Å². The second kappa shape index (κ2) is 7.32. The van der Waals surface area contributed by atoms with Crippen LogP contribution in [0, 0.1) is 0 Å². The molecule has 142 valence electrons. The molecular formula is C18H38O4Si2. The maximum Gasteiger partial charge on any atom is 0.307 e. The van der Waals surface area contributed by atoms with Crippen molar-refractivity contribution in [3.05, 3.63) is 0 Å². The van der Waals surface area contributed by atoms with Crippen LogP contribution in [0.4, 0.5) is 0 Å². The molecule has 0 N–H and O–H groups in total. The summed E-state index contributed by atoms with van der Waals surface area (Å²) in [6.07, 6.45) is 0. The molecule has 0 aromatic rings. The smallest absolute Gasteiger partial charge is 0.307 e. The second-order valence-corrected chi connectivity index (χ2v) is 21.5. The van der Waals surface area contributed by atoms with Gasteiger partial charge in [0.1, 0.15) is 11.2 Å². The Morgan fingerprint density at radius 1 is 0.625 bits per heavy atom. The van der Waals surface area contributed by atoms with Crippen LogP contribution in [0.2, 0.25) is 50.4 Å². The van der Waals surface area contributed by atoms with Gasteiger partial charge in [-0.25, -0.2) is 0 Å². The molecule has 4 nitrogen and oxygen atoms in total. The van der Waals surface area contributed by atoms with E-state index in [1.54, 1.807) is 0 Å². The number of rotatable bonds is 5. The molecule has 0 aliphatic carbocycles. The summed E-state index contributed by atoms with van der Waals surface area (Å²) in [5.41, 5.74) is -1.91. The topological polar surface area (TPSA) is 52.6 Å². The molecule has 0 rings (SSSR count). The lowest BCUT2D eigenvalue weighted by Crippen LogP contribution is -2.50. The lowest BCUT2D eigenvalue weighted by Gasteiger charge is -2.40. The molecule has 2 atom stereocenters. The van der Waals surface area contributed by atoms with E-state index in [9.17, 15) is 9.59 Å². The van der Waals surface area contributed by atoms with Crippen LogP contribution in [-0.4, -0.2) is 39.3 Å². The molecular weight excluding hydrogens is 336 g/mol. The van der Waals surface area contributed by atoms with Gasteiger partial charge in [0.2, 0.25) is 0 Å². The predicted octanol–water partition coefficient (Wildman–Crippen LogP) is 5.09. The van der Waals surface area contributed by atoms with Gasteiger partial charge in [0.25, 0.3) is 0 Å². The highest BCUT2D eigenvalue weighted by Crippen LogP contribution is 2.44. The van der Waals surface area contributed by atoms with Crippen molar-refractivity contribution >= 4 is 28.1 Å². The van der Waals surface area contributed by atoms with E-state index in [-0.39, 0.29) is 11.9 Å². The van der Waals surface area contributed by atoms with Gasteiger partial charge in [-0.2, -0.15) is 0 Å². The van der Waals surface area contributed by atoms with E-state index in [1.165, 1.54) is 0 Å². The number of hydrogen-bond acceptors (Lipinski definition) is 4. The average molecular weight is 375 g/mol. The first kappa shape index (κ1) is 23.4. The van der Waals surface area contributed by atoms with Crippen molar-refractivity contribution in [3.8, 4) is 0 Å². The van der Waals surface area contributed by atoms with Gasteiger partial charge in [0.15, 0.2) is 0 Å². The fourth-order valence-electron chi connectivity index (χ4n) is 2.71. The maximum absolute atomic E-state index is 13.0. The largest absolute Gasteiger partial charge is 0.460 e. The summed E-state index contributed by atoms with van der Waals surface area (Å²) in [5.74, 6) is -0.500. The van der Waals surface area contributed by atoms with Crippen LogP contribution < -0.4 is 0 Å². The standard InChI is InChI=1S/C18H38O4Si2/c1-17(2,3)21-15(19)13(23(7,8)9)14(24(10,11)12)16(20)22-18(4,5)6/h13-14H,1-12H3/t13-,14+. The first-order valence-electron chi connectivity index (χ1n) is 8.71. The Labute approximate surface area is 150 Å². The van der Waals surface area contributed by atoms with Gasteiger partial charge < -0.3 is 9.47 Å². The highest BCUT2D eigenvalue weighted by atomic mass is 28.3. The highest BCUT2D eigenvalue weighted by molar-refractivity contribution is 6.87. The molecule has 0 radical (unpaired) electrons. The van der Waals surface area contributed by atoms with Crippen LogP contribution in [-0.2, 0) is 19.1 Å². The first-order chi connectivity index (χ1) is 10.3. The third-order valence-electron chi connectivity index (χ3n) is 3.52. The molecule has 24 heavy (non-hydrogen) atoms. The van der Waals surface area contributed by atoms with Crippen molar-refractivity contribution in [2.75, 3.05) is 0 Å². The minimum atomic E-state index is -2.00. The Morgan fingerprint density at radius 3 is 0.958 bits per heavy atom. The summed E-state index contributed by atoms with van der Waals surface area (Å²) in [5, 5.41) is 0. The maximum atomic E-state index is 13.0.